The van der Waals surface area contributed by atoms with Crippen LogP contribution in [0, 0.1) is 6.92 Å². The molecular formula is C14H20N2O2. The number of aryl methyl sites for hydroxylation is 1. The van der Waals surface area contributed by atoms with Gasteiger partial charge >= 0.3 is 5.97 Å². The molecule has 98 valence electrons. The molecule has 1 saturated carbocycles. The molecule has 0 aromatic carbocycles. The second kappa shape index (κ2) is 5.94. The van der Waals surface area contributed by atoms with Gasteiger partial charge in [-0.2, -0.15) is 0 Å². The number of nitrogens with zero attached hydrogens (tertiary/aromatic N) is 2. The van der Waals surface area contributed by atoms with Gasteiger partial charge in [0.1, 0.15) is 0 Å². The van der Waals surface area contributed by atoms with E-state index in [1.54, 1.807) is 6.92 Å². The SMILES string of the molecule is CCOC(=O)c1nc(C)cc(C2CCCCC2)n1. The van der Waals surface area contributed by atoms with E-state index in [9.17, 15) is 4.79 Å². The lowest BCUT2D eigenvalue weighted by Crippen LogP contribution is -2.14. The summed E-state index contributed by atoms with van der Waals surface area (Å²) in [5.74, 6) is 0.268. The van der Waals surface area contributed by atoms with Crippen LogP contribution in [0.2, 0.25) is 0 Å². The molecule has 4 nitrogen and oxygen atoms in total. The van der Waals surface area contributed by atoms with Crippen LogP contribution >= 0.6 is 0 Å². The van der Waals surface area contributed by atoms with Crippen molar-refractivity contribution in [1.29, 1.82) is 0 Å². The fraction of sp³-hybridized carbons (Fsp3) is 0.643. The predicted molar refractivity (Wildman–Crippen MR) is 68.6 cm³/mol. The normalized spacial score (nSPS) is 16.6. The number of hydrogen-bond donors (Lipinski definition) is 0. The number of aromatic nitrogens is 2. The zero-order valence-corrected chi connectivity index (χ0v) is 11.1. The molecule has 4 heteroatoms. The highest BCUT2D eigenvalue weighted by Crippen LogP contribution is 2.31. The number of rotatable bonds is 3. The highest BCUT2D eigenvalue weighted by atomic mass is 16.5. The summed E-state index contributed by atoms with van der Waals surface area (Å²) in [5.41, 5.74) is 1.85. The summed E-state index contributed by atoms with van der Waals surface area (Å²) in [6.07, 6.45) is 6.15. The molecule has 0 N–H and O–H groups in total. The molecule has 0 bridgehead atoms. The summed E-state index contributed by atoms with van der Waals surface area (Å²) < 4.78 is 4.96. The molecule has 0 amide bonds. The second-order valence-corrected chi connectivity index (χ2v) is 4.81. The molecule has 18 heavy (non-hydrogen) atoms. The molecule has 0 atom stereocenters. The molecule has 0 aliphatic heterocycles. The molecule has 0 radical (unpaired) electrons. The van der Waals surface area contributed by atoms with Crippen molar-refractivity contribution >= 4 is 5.97 Å². The third-order valence-corrected chi connectivity index (χ3v) is 3.36. The molecule has 1 aromatic rings. The average molecular weight is 248 g/mol. The highest BCUT2D eigenvalue weighted by molar-refractivity contribution is 5.85. The van der Waals surface area contributed by atoms with Crippen LogP contribution in [0.3, 0.4) is 0 Å². The first kappa shape index (κ1) is 13.0. The van der Waals surface area contributed by atoms with Crippen LogP contribution < -0.4 is 0 Å². The van der Waals surface area contributed by atoms with Crippen molar-refractivity contribution in [3.63, 3.8) is 0 Å². The first-order chi connectivity index (χ1) is 8.70. The minimum Gasteiger partial charge on any atom is -0.460 e. The minimum atomic E-state index is -0.418. The summed E-state index contributed by atoms with van der Waals surface area (Å²) in [7, 11) is 0. The van der Waals surface area contributed by atoms with Gasteiger partial charge < -0.3 is 4.74 Å². The first-order valence-electron chi connectivity index (χ1n) is 6.73. The third kappa shape index (κ3) is 3.06. The van der Waals surface area contributed by atoms with Crippen molar-refractivity contribution in [3.05, 3.63) is 23.3 Å². The smallest absolute Gasteiger partial charge is 0.376 e. The lowest BCUT2D eigenvalue weighted by atomic mass is 9.86. The molecule has 1 fully saturated rings. The first-order valence-corrected chi connectivity index (χ1v) is 6.73. The molecule has 1 aliphatic rings. The Hall–Kier alpha value is -1.45. The molecule has 1 aromatic heterocycles. The Balaban J connectivity index is 2.22. The van der Waals surface area contributed by atoms with Crippen LogP contribution in [0.15, 0.2) is 6.07 Å². The van der Waals surface area contributed by atoms with Crippen LogP contribution in [-0.4, -0.2) is 22.5 Å². The van der Waals surface area contributed by atoms with Gasteiger partial charge in [-0.25, -0.2) is 14.8 Å². The topological polar surface area (TPSA) is 52.1 Å². The lowest BCUT2D eigenvalue weighted by Gasteiger charge is -2.21. The monoisotopic (exact) mass is 248 g/mol. The zero-order valence-electron chi connectivity index (χ0n) is 11.1. The van der Waals surface area contributed by atoms with Crippen LogP contribution in [0.1, 0.15) is 67.0 Å². The number of esters is 1. The minimum absolute atomic E-state index is 0.206. The van der Waals surface area contributed by atoms with Crippen molar-refractivity contribution in [2.45, 2.75) is 51.9 Å². The maximum Gasteiger partial charge on any atom is 0.376 e. The van der Waals surface area contributed by atoms with Gasteiger partial charge in [-0.15, -0.1) is 0 Å². The fourth-order valence-electron chi connectivity index (χ4n) is 2.49. The Morgan fingerprint density at radius 1 is 1.33 bits per heavy atom. The number of hydrogen-bond acceptors (Lipinski definition) is 4. The van der Waals surface area contributed by atoms with Gasteiger partial charge in [0.15, 0.2) is 0 Å². The van der Waals surface area contributed by atoms with Crippen molar-refractivity contribution in [2.75, 3.05) is 6.61 Å². The van der Waals surface area contributed by atoms with E-state index in [2.05, 4.69) is 9.97 Å². The van der Waals surface area contributed by atoms with Crippen molar-refractivity contribution in [3.8, 4) is 0 Å². The van der Waals surface area contributed by atoms with Gasteiger partial charge in [0, 0.05) is 17.3 Å². The lowest BCUT2D eigenvalue weighted by molar-refractivity contribution is 0.0511. The number of carbonyl (C=O) groups is 1. The summed E-state index contributed by atoms with van der Waals surface area (Å²) in [5, 5.41) is 0. The third-order valence-electron chi connectivity index (χ3n) is 3.36. The van der Waals surface area contributed by atoms with E-state index < -0.39 is 5.97 Å². The van der Waals surface area contributed by atoms with E-state index in [0.717, 1.165) is 11.4 Å². The molecule has 0 unspecified atom stereocenters. The van der Waals surface area contributed by atoms with Crippen LogP contribution in [0.4, 0.5) is 0 Å². The van der Waals surface area contributed by atoms with E-state index in [1.165, 1.54) is 32.1 Å². The Morgan fingerprint density at radius 3 is 2.72 bits per heavy atom. The molecule has 1 heterocycles. The molecule has 2 rings (SSSR count). The standard InChI is InChI=1S/C14H20N2O2/c1-3-18-14(17)13-15-10(2)9-12(16-13)11-7-5-4-6-8-11/h9,11H,3-8H2,1-2H3. The van der Waals surface area contributed by atoms with Crippen LogP contribution in [-0.2, 0) is 4.74 Å². The van der Waals surface area contributed by atoms with E-state index in [-0.39, 0.29) is 5.82 Å². The summed E-state index contributed by atoms with van der Waals surface area (Å²) in [6, 6.07) is 2.00. The fourth-order valence-corrected chi connectivity index (χ4v) is 2.49. The van der Waals surface area contributed by atoms with E-state index in [4.69, 9.17) is 4.74 Å². The van der Waals surface area contributed by atoms with E-state index in [0.29, 0.717) is 12.5 Å². The van der Waals surface area contributed by atoms with Gasteiger partial charge in [-0.1, -0.05) is 19.3 Å². The van der Waals surface area contributed by atoms with Gasteiger partial charge in [0.05, 0.1) is 6.61 Å². The van der Waals surface area contributed by atoms with Gasteiger partial charge in [0.2, 0.25) is 5.82 Å². The Morgan fingerprint density at radius 2 is 2.06 bits per heavy atom. The van der Waals surface area contributed by atoms with Gasteiger partial charge in [0.25, 0.3) is 0 Å². The van der Waals surface area contributed by atoms with Crippen molar-refractivity contribution < 1.29 is 9.53 Å². The molecule has 0 saturated heterocycles. The molecule has 1 aliphatic carbocycles. The Kier molecular flexibility index (Phi) is 4.28. The summed E-state index contributed by atoms with van der Waals surface area (Å²) >= 11 is 0. The maximum absolute atomic E-state index is 11.7. The largest absolute Gasteiger partial charge is 0.460 e. The van der Waals surface area contributed by atoms with Crippen molar-refractivity contribution in [1.82, 2.24) is 9.97 Å². The zero-order chi connectivity index (χ0) is 13.0. The Labute approximate surface area is 108 Å². The quantitative estimate of drug-likeness (QED) is 0.771. The summed E-state index contributed by atoms with van der Waals surface area (Å²) in [4.78, 5) is 20.2. The second-order valence-electron chi connectivity index (χ2n) is 4.81. The molecular weight excluding hydrogens is 228 g/mol. The predicted octanol–water partition coefficient (Wildman–Crippen LogP) is 3.01. The van der Waals surface area contributed by atoms with E-state index >= 15 is 0 Å². The van der Waals surface area contributed by atoms with Crippen LogP contribution in [0.5, 0.6) is 0 Å². The molecule has 0 spiro atoms. The average Bonchev–Trinajstić information content (AvgIpc) is 2.39. The maximum atomic E-state index is 11.7. The van der Waals surface area contributed by atoms with Crippen LogP contribution in [0.25, 0.3) is 0 Å². The summed E-state index contributed by atoms with van der Waals surface area (Å²) in [6.45, 7) is 4.04. The van der Waals surface area contributed by atoms with E-state index in [1.807, 2.05) is 13.0 Å². The highest BCUT2D eigenvalue weighted by Gasteiger charge is 2.20. The van der Waals surface area contributed by atoms with Gasteiger partial charge in [-0.3, -0.25) is 0 Å². The van der Waals surface area contributed by atoms with Crippen molar-refractivity contribution in [2.24, 2.45) is 0 Å². The Bertz CT molecular complexity index is 426. The van der Waals surface area contributed by atoms with Gasteiger partial charge in [-0.05, 0) is 32.8 Å². The number of ether oxygens (including phenoxy) is 1. The number of carbonyl (C=O) groups excluding carboxylic acids is 1.